The number of hydrogen-bond acceptors (Lipinski definition) is 4. The summed E-state index contributed by atoms with van der Waals surface area (Å²) in [5.41, 5.74) is 1.98. The maximum atomic E-state index is 12.3. The van der Waals surface area contributed by atoms with E-state index in [4.69, 9.17) is 11.6 Å². The minimum atomic E-state index is -0.145. The van der Waals surface area contributed by atoms with Gasteiger partial charge < -0.3 is 20.9 Å². The second kappa shape index (κ2) is 12.7. The van der Waals surface area contributed by atoms with Crippen molar-refractivity contribution in [2.75, 3.05) is 36.4 Å². The van der Waals surface area contributed by atoms with Gasteiger partial charge >= 0.3 is 0 Å². The Bertz CT molecular complexity index is 894. The fourth-order valence-corrected chi connectivity index (χ4v) is 3.66. The molecule has 0 bridgehead atoms. The molecule has 1 atom stereocenters. The van der Waals surface area contributed by atoms with E-state index in [1.807, 2.05) is 43.3 Å². The van der Waals surface area contributed by atoms with Gasteiger partial charge in [-0.25, -0.2) is 9.98 Å². The smallest absolute Gasteiger partial charge is 0.246 e. The van der Waals surface area contributed by atoms with E-state index in [9.17, 15) is 4.79 Å². The molecule has 1 aliphatic heterocycles. The molecule has 0 aliphatic carbocycles. The summed E-state index contributed by atoms with van der Waals surface area (Å²) < 4.78 is 0. The number of guanidine groups is 1. The quantitative estimate of drug-likeness (QED) is 0.275. The number of nitrogens with one attached hydrogen (secondary N) is 3. The van der Waals surface area contributed by atoms with Crippen LogP contribution in [0.15, 0.2) is 47.6 Å². The Morgan fingerprint density at radius 1 is 1.29 bits per heavy atom. The van der Waals surface area contributed by atoms with Gasteiger partial charge in [0.15, 0.2) is 5.96 Å². The van der Waals surface area contributed by atoms with Crippen LogP contribution in [0.25, 0.3) is 0 Å². The molecule has 1 saturated heterocycles. The summed E-state index contributed by atoms with van der Waals surface area (Å²) in [7, 11) is 0. The molecule has 1 aliphatic rings. The lowest BCUT2D eigenvalue weighted by Crippen LogP contribution is -2.45. The van der Waals surface area contributed by atoms with E-state index in [1.165, 1.54) is 5.56 Å². The van der Waals surface area contributed by atoms with Crippen molar-refractivity contribution < 1.29 is 4.79 Å². The van der Waals surface area contributed by atoms with E-state index in [-0.39, 0.29) is 42.5 Å². The zero-order chi connectivity index (χ0) is 21.3. The van der Waals surface area contributed by atoms with Crippen LogP contribution in [0.1, 0.15) is 25.8 Å². The molecule has 3 N–H and O–H groups in total. The number of amides is 1. The molecule has 0 saturated carbocycles. The number of nitrogens with zero attached hydrogens (tertiary/aromatic N) is 3. The zero-order valence-electron chi connectivity index (χ0n) is 17.9. The molecule has 9 heteroatoms. The molecule has 1 aromatic heterocycles. The molecule has 0 radical (unpaired) electrons. The summed E-state index contributed by atoms with van der Waals surface area (Å²) in [4.78, 5) is 23.3. The third-order valence-electron chi connectivity index (χ3n) is 4.91. The van der Waals surface area contributed by atoms with Gasteiger partial charge in [0.25, 0.3) is 0 Å². The van der Waals surface area contributed by atoms with Crippen LogP contribution in [0, 0.1) is 0 Å². The van der Waals surface area contributed by atoms with E-state index in [1.54, 1.807) is 6.20 Å². The predicted octanol–water partition coefficient (Wildman–Crippen LogP) is 3.69. The number of halogens is 2. The highest BCUT2D eigenvalue weighted by Crippen LogP contribution is 2.25. The van der Waals surface area contributed by atoms with Crippen LogP contribution in [0.2, 0.25) is 5.02 Å². The number of aromatic nitrogens is 1. The fraction of sp³-hybridized carbons (Fsp3) is 0.409. The summed E-state index contributed by atoms with van der Waals surface area (Å²) in [6, 6.07) is 11.8. The number of anilines is 2. The van der Waals surface area contributed by atoms with Gasteiger partial charge in [-0.3, -0.25) is 4.79 Å². The van der Waals surface area contributed by atoms with Crippen molar-refractivity contribution in [1.82, 2.24) is 15.6 Å². The first-order chi connectivity index (χ1) is 14.6. The summed E-state index contributed by atoms with van der Waals surface area (Å²) in [6.07, 6.45) is 3.62. The van der Waals surface area contributed by atoms with Gasteiger partial charge in [-0.2, -0.15) is 0 Å². The van der Waals surface area contributed by atoms with Gasteiger partial charge in [-0.1, -0.05) is 30.7 Å². The van der Waals surface area contributed by atoms with Gasteiger partial charge in [0, 0.05) is 37.6 Å². The lowest BCUT2D eigenvalue weighted by molar-refractivity contribution is -0.114. The van der Waals surface area contributed by atoms with Gasteiger partial charge in [0.05, 0.1) is 5.02 Å². The summed E-state index contributed by atoms with van der Waals surface area (Å²) in [5.74, 6) is 1.29. The summed E-state index contributed by atoms with van der Waals surface area (Å²) in [6.45, 7) is 6.50. The molecular weight excluding hydrogens is 527 g/mol. The summed E-state index contributed by atoms with van der Waals surface area (Å²) >= 11 is 6.27. The molecule has 31 heavy (non-hydrogen) atoms. The predicted molar refractivity (Wildman–Crippen MR) is 139 cm³/mol. The normalized spacial score (nSPS) is 15.9. The SMILES string of the molecule is CCNC(=NCC(=O)Nc1cccc(CC)c1)NC1CCN(c2ncccc2Cl)C1.I. The van der Waals surface area contributed by atoms with E-state index in [0.717, 1.165) is 37.4 Å². The largest absolute Gasteiger partial charge is 0.357 e. The number of carbonyl (C=O) groups is 1. The lowest BCUT2D eigenvalue weighted by atomic mass is 10.1. The van der Waals surface area contributed by atoms with Gasteiger partial charge in [-0.15, -0.1) is 24.0 Å². The van der Waals surface area contributed by atoms with Crippen LogP contribution in [0.3, 0.4) is 0 Å². The number of aryl methyl sites for hydroxylation is 1. The van der Waals surface area contributed by atoms with Gasteiger partial charge in [-0.05, 0) is 49.6 Å². The maximum Gasteiger partial charge on any atom is 0.246 e. The van der Waals surface area contributed by atoms with Crippen molar-refractivity contribution in [2.45, 2.75) is 32.7 Å². The molecule has 7 nitrogen and oxygen atoms in total. The molecule has 1 fully saturated rings. The van der Waals surface area contributed by atoms with Crippen molar-refractivity contribution in [3.05, 3.63) is 53.2 Å². The first-order valence-electron chi connectivity index (χ1n) is 10.4. The number of pyridine rings is 1. The Morgan fingerprint density at radius 3 is 2.87 bits per heavy atom. The number of rotatable bonds is 7. The van der Waals surface area contributed by atoms with E-state index in [2.05, 4.69) is 37.8 Å². The Labute approximate surface area is 206 Å². The van der Waals surface area contributed by atoms with Crippen molar-refractivity contribution in [2.24, 2.45) is 4.99 Å². The van der Waals surface area contributed by atoms with Gasteiger partial charge in [0.1, 0.15) is 12.4 Å². The van der Waals surface area contributed by atoms with E-state index in [0.29, 0.717) is 17.5 Å². The standard InChI is InChI=1S/C22H29ClN6O.HI/c1-3-16-7-5-8-17(13-16)27-20(30)14-26-22(24-4-2)28-18-10-12-29(15-18)21-19(23)9-6-11-25-21;/h5-9,11,13,18H,3-4,10,12,14-15H2,1-2H3,(H,27,30)(H2,24,26,28);1H. The van der Waals surface area contributed by atoms with Crippen molar-refractivity contribution in [3.63, 3.8) is 0 Å². The number of benzene rings is 1. The first-order valence-corrected chi connectivity index (χ1v) is 10.8. The second-order valence-corrected chi connectivity index (χ2v) is 7.59. The number of aliphatic imine (C=N–C) groups is 1. The van der Waals surface area contributed by atoms with E-state index >= 15 is 0 Å². The Kier molecular flexibility index (Phi) is 10.3. The highest BCUT2D eigenvalue weighted by Gasteiger charge is 2.25. The third kappa shape index (κ3) is 7.53. The van der Waals surface area contributed by atoms with Crippen LogP contribution in [0.5, 0.6) is 0 Å². The molecule has 168 valence electrons. The second-order valence-electron chi connectivity index (χ2n) is 7.18. The molecule has 0 spiro atoms. The molecule has 1 amide bonds. The highest BCUT2D eigenvalue weighted by atomic mass is 127. The molecule has 2 heterocycles. The van der Waals surface area contributed by atoms with Crippen molar-refractivity contribution >= 4 is 58.9 Å². The average Bonchev–Trinajstić information content (AvgIpc) is 3.21. The Hall–Kier alpha value is -2.07. The van der Waals surface area contributed by atoms with E-state index < -0.39 is 0 Å². The Morgan fingerprint density at radius 2 is 2.13 bits per heavy atom. The lowest BCUT2D eigenvalue weighted by Gasteiger charge is -2.20. The van der Waals surface area contributed by atoms with Crippen LogP contribution >= 0.6 is 35.6 Å². The molecule has 3 rings (SSSR count). The molecule has 2 aromatic rings. The van der Waals surface area contributed by atoms with Crippen LogP contribution in [-0.4, -0.2) is 49.1 Å². The maximum absolute atomic E-state index is 12.3. The Balaban J connectivity index is 0.00000341. The number of carbonyl (C=O) groups excluding carboxylic acids is 1. The van der Waals surface area contributed by atoms with Crippen LogP contribution in [-0.2, 0) is 11.2 Å². The van der Waals surface area contributed by atoms with Crippen molar-refractivity contribution in [3.8, 4) is 0 Å². The van der Waals surface area contributed by atoms with Crippen molar-refractivity contribution in [1.29, 1.82) is 0 Å². The molecule has 1 unspecified atom stereocenters. The fourth-order valence-electron chi connectivity index (χ4n) is 3.41. The molecule has 1 aromatic carbocycles. The minimum Gasteiger partial charge on any atom is -0.357 e. The number of hydrogen-bond donors (Lipinski definition) is 3. The van der Waals surface area contributed by atoms with Crippen LogP contribution in [0.4, 0.5) is 11.5 Å². The monoisotopic (exact) mass is 556 g/mol. The summed E-state index contributed by atoms with van der Waals surface area (Å²) in [5, 5.41) is 10.2. The van der Waals surface area contributed by atoms with Gasteiger partial charge in [0.2, 0.25) is 5.91 Å². The minimum absolute atomic E-state index is 0. The topological polar surface area (TPSA) is 81.6 Å². The zero-order valence-corrected chi connectivity index (χ0v) is 21.0. The van der Waals surface area contributed by atoms with Crippen LogP contribution < -0.4 is 20.9 Å². The average molecular weight is 557 g/mol. The highest BCUT2D eigenvalue weighted by molar-refractivity contribution is 14.0. The molecular formula is C22H30ClIN6O. The first kappa shape index (κ1) is 25.2. The third-order valence-corrected chi connectivity index (χ3v) is 5.21.